The van der Waals surface area contributed by atoms with Gasteiger partial charge in [0.15, 0.2) is 0 Å². The average molecular weight is 218 g/mol. The normalized spacial score (nSPS) is 23.6. The van der Waals surface area contributed by atoms with Crippen molar-refractivity contribution in [1.29, 1.82) is 0 Å². The lowest BCUT2D eigenvalue weighted by molar-refractivity contribution is 0.226. The van der Waals surface area contributed by atoms with Crippen molar-refractivity contribution >= 4 is 11.4 Å². The summed E-state index contributed by atoms with van der Waals surface area (Å²) in [5.74, 6) is 0.988. The number of rotatable bonds is 1. The zero-order valence-corrected chi connectivity index (χ0v) is 9.70. The molecule has 16 heavy (non-hydrogen) atoms. The van der Waals surface area contributed by atoms with Crippen LogP contribution in [-0.4, -0.2) is 25.7 Å². The first-order valence-electron chi connectivity index (χ1n) is 6.12. The number of fused-ring (bicyclic) bond motifs is 1. The van der Waals surface area contributed by atoms with Crippen LogP contribution in [0.2, 0.25) is 0 Å². The molecule has 1 N–H and O–H groups in total. The summed E-state index contributed by atoms with van der Waals surface area (Å²) in [7, 11) is 0. The lowest BCUT2D eigenvalue weighted by Gasteiger charge is -2.27. The molecular formula is C13H18N2O. The number of ether oxygens (including phenoxy) is 1. The van der Waals surface area contributed by atoms with Crippen LogP contribution in [0.3, 0.4) is 0 Å². The Kier molecular flexibility index (Phi) is 2.39. The Morgan fingerprint density at radius 1 is 1.31 bits per heavy atom. The van der Waals surface area contributed by atoms with Crippen molar-refractivity contribution in [2.75, 3.05) is 29.9 Å². The van der Waals surface area contributed by atoms with Gasteiger partial charge in [-0.05, 0) is 38.0 Å². The number of benzene rings is 1. The minimum absolute atomic E-state index is 0.269. The van der Waals surface area contributed by atoms with Gasteiger partial charge in [0.1, 0.15) is 11.9 Å². The van der Waals surface area contributed by atoms with Crippen LogP contribution in [0, 0.1) is 0 Å². The van der Waals surface area contributed by atoms with Crippen molar-refractivity contribution in [2.24, 2.45) is 0 Å². The van der Waals surface area contributed by atoms with Crippen LogP contribution in [0.4, 0.5) is 11.4 Å². The van der Waals surface area contributed by atoms with Gasteiger partial charge < -0.3 is 15.0 Å². The third-order valence-electron chi connectivity index (χ3n) is 3.34. The first-order chi connectivity index (χ1) is 7.83. The van der Waals surface area contributed by atoms with Crippen molar-refractivity contribution in [3.63, 3.8) is 0 Å². The predicted octanol–water partition coefficient (Wildman–Crippen LogP) is 2.48. The molecule has 0 radical (unpaired) electrons. The highest BCUT2D eigenvalue weighted by molar-refractivity contribution is 5.66. The van der Waals surface area contributed by atoms with E-state index in [2.05, 4.69) is 35.3 Å². The molecule has 0 bridgehead atoms. The van der Waals surface area contributed by atoms with Crippen LogP contribution in [-0.2, 0) is 0 Å². The molecule has 1 fully saturated rings. The van der Waals surface area contributed by atoms with Gasteiger partial charge in [0, 0.05) is 18.8 Å². The highest BCUT2D eigenvalue weighted by Crippen LogP contribution is 2.33. The summed E-state index contributed by atoms with van der Waals surface area (Å²) in [5.41, 5.74) is 2.46. The maximum atomic E-state index is 5.77. The highest BCUT2D eigenvalue weighted by atomic mass is 16.5. The minimum Gasteiger partial charge on any atom is -0.487 e. The summed E-state index contributed by atoms with van der Waals surface area (Å²) in [5, 5.41) is 3.42. The van der Waals surface area contributed by atoms with E-state index in [-0.39, 0.29) is 6.10 Å². The van der Waals surface area contributed by atoms with Crippen molar-refractivity contribution < 1.29 is 4.74 Å². The molecule has 0 aliphatic carbocycles. The van der Waals surface area contributed by atoms with Gasteiger partial charge in [-0.2, -0.15) is 0 Å². The number of hydrogen-bond donors (Lipinski definition) is 1. The summed E-state index contributed by atoms with van der Waals surface area (Å²) in [6.07, 6.45) is 2.90. The van der Waals surface area contributed by atoms with E-state index in [0.717, 1.165) is 18.0 Å². The molecule has 0 amide bonds. The predicted molar refractivity (Wildman–Crippen MR) is 66.5 cm³/mol. The highest BCUT2D eigenvalue weighted by Gasteiger charge is 2.18. The Bertz CT molecular complexity index is 386. The Balaban J connectivity index is 1.87. The quantitative estimate of drug-likeness (QED) is 0.783. The van der Waals surface area contributed by atoms with Gasteiger partial charge in [-0.1, -0.05) is 0 Å². The summed E-state index contributed by atoms with van der Waals surface area (Å²) in [4.78, 5) is 2.44. The number of hydrogen-bond acceptors (Lipinski definition) is 3. The van der Waals surface area contributed by atoms with Crippen LogP contribution in [0.1, 0.15) is 19.8 Å². The molecule has 1 saturated heterocycles. The van der Waals surface area contributed by atoms with Gasteiger partial charge in [-0.3, -0.25) is 0 Å². The monoisotopic (exact) mass is 218 g/mol. The van der Waals surface area contributed by atoms with Crippen molar-refractivity contribution in [1.82, 2.24) is 0 Å². The van der Waals surface area contributed by atoms with E-state index < -0.39 is 0 Å². The third-order valence-corrected chi connectivity index (χ3v) is 3.34. The topological polar surface area (TPSA) is 24.5 Å². The van der Waals surface area contributed by atoms with E-state index in [0.29, 0.717) is 0 Å². The molecule has 2 aliphatic rings. The molecule has 1 atom stereocenters. The van der Waals surface area contributed by atoms with Gasteiger partial charge >= 0.3 is 0 Å². The van der Waals surface area contributed by atoms with E-state index >= 15 is 0 Å². The molecule has 0 aromatic heterocycles. The van der Waals surface area contributed by atoms with Gasteiger partial charge in [-0.25, -0.2) is 0 Å². The molecular weight excluding hydrogens is 200 g/mol. The van der Waals surface area contributed by atoms with Crippen LogP contribution in [0.5, 0.6) is 5.75 Å². The third kappa shape index (κ3) is 1.70. The largest absolute Gasteiger partial charge is 0.487 e. The summed E-state index contributed by atoms with van der Waals surface area (Å²) < 4.78 is 5.77. The van der Waals surface area contributed by atoms with Crippen LogP contribution >= 0.6 is 0 Å². The minimum atomic E-state index is 0.269. The van der Waals surface area contributed by atoms with E-state index in [1.54, 1.807) is 0 Å². The number of nitrogens with zero attached hydrogens (tertiary/aromatic N) is 1. The summed E-state index contributed by atoms with van der Waals surface area (Å²) in [6.45, 7) is 5.37. The average Bonchev–Trinajstić information content (AvgIpc) is 2.82. The lowest BCUT2D eigenvalue weighted by atomic mass is 10.2. The second-order valence-electron chi connectivity index (χ2n) is 4.68. The second kappa shape index (κ2) is 3.89. The van der Waals surface area contributed by atoms with Crippen LogP contribution < -0.4 is 15.0 Å². The fraction of sp³-hybridized carbons (Fsp3) is 0.538. The molecule has 86 valence electrons. The number of nitrogens with one attached hydrogen (secondary N) is 1. The van der Waals surface area contributed by atoms with Gasteiger partial charge in [0.25, 0.3) is 0 Å². The first kappa shape index (κ1) is 9.82. The first-order valence-corrected chi connectivity index (χ1v) is 6.12. The zero-order valence-electron chi connectivity index (χ0n) is 9.70. The molecule has 1 aromatic rings. The molecule has 1 unspecified atom stereocenters. The number of anilines is 2. The molecule has 3 rings (SSSR count). The van der Waals surface area contributed by atoms with Gasteiger partial charge in [0.2, 0.25) is 0 Å². The molecule has 1 aromatic carbocycles. The summed E-state index contributed by atoms with van der Waals surface area (Å²) >= 11 is 0. The molecule has 2 heterocycles. The molecule has 3 heteroatoms. The summed E-state index contributed by atoms with van der Waals surface area (Å²) in [6, 6.07) is 6.47. The fourth-order valence-corrected chi connectivity index (χ4v) is 2.44. The zero-order chi connectivity index (χ0) is 11.0. The molecule has 0 saturated carbocycles. The SMILES string of the molecule is CC1CNc2cc(N3CCCC3)ccc2O1. The Morgan fingerprint density at radius 3 is 2.94 bits per heavy atom. The maximum absolute atomic E-state index is 5.77. The maximum Gasteiger partial charge on any atom is 0.143 e. The van der Waals surface area contributed by atoms with E-state index in [9.17, 15) is 0 Å². The Hall–Kier alpha value is -1.38. The Labute approximate surface area is 96.4 Å². The fourth-order valence-electron chi connectivity index (χ4n) is 2.44. The van der Waals surface area contributed by atoms with Crippen molar-refractivity contribution in [3.05, 3.63) is 18.2 Å². The molecule has 3 nitrogen and oxygen atoms in total. The van der Waals surface area contributed by atoms with E-state index in [1.165, 1.54) is 31.6 Å². The van der Waals surface area contributed by atoms with Gasteiger partial charge in [-0.15, -0.1) is 0 Å². The van der Waals surface area contributed by atoms with Crippen molar-refractivity contribution in [2.45, 2.75) is 25.9 Å². The van der Waals surface area contributed by atoms with Gasteiger partial charge in [0.05, 0.1) is 12.2 Å². The van der Waals surface area contributed by atoms with Crippen molar-refractivity contribution in [3.8, 4) is 5.75 Å². The Morgan fingerprint density at radius 2 is 2.12 bits per heavy atom. The van der Waals surface area contributed by atoms with Crippen LogP contribution in [0.25, 0.3) is 0 Å². The van der Waals surface area contributed by atoms with Crippen LogP contribution in [0.15, 0.2) is 18.2 Å². The smallest absolute Gasteiger partial charge is 0.143 e. The second-order valence-corrected chi connectivity index (χ2v) is 4.68. The lowest BCUT2D eigenvalue weighted by Crippen LogP contribution is -2.28. The van der Waals surface area contributed by atoms with E-state index in [1.807, 2.05) is 0 Å². The molecule has 0 spiro atoms. The molecule has 2 aliphatic heterocycles. The standard InChI is InChI=1S/C13H18N2O/c1-10-9-14-12-8-11(4-5-13(12)16-10)15-6-2-3-7-15/h4-5,8,10,14H,2-3,6-7,9H2,1H3. The van der Waals surface area contributed by atoms with E-state index in [4.69, 9.17) is 4.74 Å².